The Hall–Kier alpha value is -2.49. The minimum atomic E-state index is -0.128. The quantitative estimate of drug-likeness (QED) is 0.767. The third-order valence-corrected chi connectivity index (χ3v) is 2.64. The van der Waals surface area contributed by atoms with E-state index in [-0.39, 0.29) is 5.91 Å². The molecule has 0 spiro atoms. The Kier molecular flexibility index (Phi) is 4.39. The van der Waals surface area contributed by atoms with Gasteiger partial charge in [-0.25, -0.2) is 0 Å². The molecular formula is C15H15N3O. The molecule has 0 N–H and O–H groups in total. The van der Waals surface area contributed by atoms with Gasteiger partial charge in [0, 0.05) is 12.4 Å². The molecule has 2 aromatic rings. The first-order chi connectivity index (χ1) is 9.29. The van der Waals surface area contributed by atoms with Crippen molar-refractivity contribution in [3.8, 4) is 0 Å². The minimum absolute atomic E-state index is 0.128. The van der Waals surface area contributed by atoms with E-state index >= 15 is 0 Å². The zero-order chi connectivity index (χ0) is 13.5. The van der Waals surface area contributed by atoms with Crippen LogP contribution in [0.25, 0.3) is 0 Å². The van der Waals surface area contributed by atoms with E-state index in [1.54, 1.807) is 17.3 Å². The number of aromatic nitrogens is 2. The van der Waals surface area contributed by atoms with Crippen molar-refractivity contribution in [3.05, 3.63) is 72.8 Å². The zero-order valence-electron chi connectivity index (χ0n) is 10.6. The standard InChI is InChI=1S/C15H15N3O/c1-2-15(19)18(11-13-7-3-5-9-16-13)12-14-8-4-6-10-17-14/h2-10H,1,11-12H2. The molecule has 96 valence electrons. The summed E-state index contributed by atoms with van der Waals surface area (Å²) in [5.41, 5.74) is 1.68. The average Bonchev–Trinajstić information content (AvgIpc) is 2.48. The molecule has 0 bridgehead atoms. The van der Waals surface area contributed by atoms with E-state index in [1.807, 2.05) is 36.4 Å². The van der Waals surface area contributed by atoms with Gasteiger partial charge >= 0.3 is 0 Å². The van der Waals surface area contributed by atoms with Gasteiger partial charge in [-0.15, -0.1) is 0 Å². The van der Waals surface area contributed by atoms with Crippen LogP contribution >= 0.6 is 0 Å². The normalized spacial score (nSPS) is 9.89. The molecule has 2 aromatic heterocycles. The van der Waals surface area contributed by atoms with E-state index in [0.29, 0.717) is 13.1 Å². The van der Waals surface area contributed by atoms with Crippen LogP contribution in [0.4, 0.5) is 0 Å². The summed E-state index contributed by atoms with van der Waals surface area (Å²) in [4.78, 5) is 22.0. The molecule has 0 aliphatic heterocycles. The molecule has 0 aliphatic carbocycles. The molecule has 0 radical (unpaired) electrons. The van der Waals surface area contributed by atoms with Crippen LogP contribution in [0.15, 0.2) is 61.4 Å². The molecule has 0 unspecified atom stereocenters. The lowest BCUT2D eigenvalue weighted by Gasteiger charge is -2.20. The van der Waals surface area contributed by atoms with Crippen molar-refractivity contribution in [2.75, 3.05) is 0 Å². The molecule has 0 saturated heterocycles. The van der Waals surface area contributed by atoms with Gasteiger partial charge in [-0.2, -0.15) is 0 Å². The first kappa shape index (κ1) is 13.0. The van der Waals surface area contributed by atoms with Crippen molar-refractivity contribution in [2.24, 2.45) is 0 Å². The second-order valence-electron chi connectivity index (χ2n) is 4.04. The smallest absolute Gasteiger partial charge is 0.246 e. The van der Waals surface area contributed by atoms with E-state index in [4.69, 9.17) is 0 Å². The highest BCUT2D eigenvalue weighted by Crippen LogP contribution is 2.07. The number of pyridine rings is 2. The highest BCUT2D eigenvalue weighted by Gasteiger charge is 2.12. The summed E-state index contributed by atoms with van der Waals surface area (Å²) in [7, 11) is 0. The van der Waals surface area contributed by atoms with Crippen LogP contribution in [-0.4, -0.2) is 20.8 Å². The number of carbonyl (C=O) groups excluding carboxylic acids is 1. The van der Waals surface area contributed by atoms with Gasteiger partial charge < -0.3 is 4.90 Å². The Morgan fingerprint density at radius 1 is 1.05 bits per heavy atom. The summed E-state index contributed by atoms with van der Waals surface area (Å²) >= 11 is 0. The highest BCUT2D eigenvalue weighted by molar-refractivity contribution is 5.86. The average molecular weight is 253 g/mol. The topological polar surface area (TPSA) is 46.1 Å². The summed E-state index contributed by atoms with van der Waals surface area (Å²) in [5.74, 6) is -0.128. The maximum atomic E-state index is 11.9. The monoisotopic (exact) mass is 253 g/mol. The lowest BCUT2D eigenvalue weighted by atomic mass is 10.3. The highest BCUT2D eigenvalue weighted by atomic mass is 16.2. The molecule has 0 aromatic carbocycles. The van der Waals surface area contributed by atoms with Crippen molar-refractivity contribution in [3.63, 3.8) is 0 Å². The molecule has 4 nitrogen and oxygen atoms in total. The molecule has 0 fully saturated rings. The summed E-state index contributed by atoms with van der Waals surface area (Å²) in [6.07, 6.45) is 4.74. The summed E-state index contributed by atoms with van der Waals surface area (Å²) < 4.78 is 0. The molecule has 4 heteroatoms. The lowest BCUT2D eigenvalue weighted by Crippen LogP contribution is -2.29. The summed E-state index contributed by atoms with van der Waals surface area (Å²) in [5, 5.41) is 0. The van der Waals surface area contributed by atoms with Gasteiger partial charge in [-0.3, -0.25) is 14.8 Å². The van der Waals surface area contributed by atoms with Crippen LogP contribution < -0.4 is 0 Å². The number of rotatable bonds is 5. The third-order valence-electron chi connectivity index (χ3n) is 2.64. The molecule has 1 amide bonds. The van der Waals surface area contributed by atoms with Gasteiger partial charge in [-0.05, 0) is 30.3 Å². The molecule has 0 atom stereocenters. The Labute approximate surface area is 112 Å². The van der Waals surface area contributed by atoms with E-state index in [9.17, 15) is 4.79 Å². The maximum absolute atomic E-state index is 11.9. The Balaban J connectivity index is 2.13. The van der Waals surface area contributed by atoms with Crippen LogP contribution in [-0.2, 0) is 17.9 Å². The van der Waals surface area contributed by atoms with Gasteiger partial charge in [-0.1, -0.05) is 18.7 Å². The Morgan fingerprint density at radius 2 is 1.58 bits per heavy atom. The maximum Gasteiger partial charge on any atom is 0.246 e. The number of nitrogens with zero attached hydrogens (tertiary/aromatic N) is 3. The van der Waals surface area contributed by atoms with Crippen LogP contribution in [0, 0.1) is 0 Å². The van der Waals surface area contributed by atoms with Crippen molar-refractivity contribution in [1.29, 1.82) is 0 Å². The molecule has 19 heavy (non-hydrogen) atoms. The van der Waals surface area contributed by atoms with Gasteiger partial charge in [0.05, 0.1) is 24.5 Å². The van der Waals surface area contributed by atoms with Crippen molar-refractivity contribution < 1.29 is 4.79 Å². The SMILES string of the molecule is C=CC(=O)N(Cc1ccccn1)Cc1ccccn1. The third kappa shape index (κ3) is 3.74. The predicted molar refractivity (Wildman–Crippen MR) is 72.9 cm³/mol. The van der Waals surface area contributed by atoms with E-state index in [1.165, 1.54) is 6.08 Å². The molecule has 0 saturated carbocycles. The van der Waals surface area contributed by atoms with E-state index < -0.39 is 0 Å². The number of carbonyl (C=O) groups is 1. The fraction of sp³-hybridized carbons (Fsp3) is 0.133. The minimum Gasteiger partial charge on any atom is -0.327 e. The van der Waals surface area contributed by atoms with Crippen molar-refractivity contribution in [1.82, 2.24) is 14.9 Å². The van der Waals surface area contributed by atoms with Crippen LogP contribution in [0.5, 0.6) is 0 Å². The van der Waals surface area contributed by atoms with Gasteiger partial charge in [0.1, 0.15) is 0 Å². The predicted octanol–water partition coefficient (Wildman–Crippen LogP) is 2.19. The second-order valence-corrected chi connectivity index (χ2v) is 4.04. The number of hydrogen-bond acceptors (Lipinski definition) is 3. The van der Waals surface area contributed by atoms with E-state index in [2.05, 4.69) is 16.5 Å². The molecule has 2 heterocycles. The first-order valence-corrected chi connectivity index (χ1v) is 6.01. The lowest BCUT2D eigenvalue weighted by molar-refractivity contribution is -0.127. The largest absolute Gasteiger partial charge is 0.327 e. The number of amides is 1. The van der Waals surface area contributed by atoms with Gasteiger partial charge in [0.2, 0.25) is 5.91 Å². The first-order valence-electron chi connectivity index (χ1n) is 6.01. The van der Waals surface area contributed by atoms with Gasteiger partial charge in [0.25, 0.3) is 0 Å². The fourth-order valence-electron chi connectivity index (χ4n) is 1.72. The summed E-state index contributed by atoms with van der Waals surface area (Å²) in [6, 6.07) is 11.3. The molecule has 2 rings (SSSR count). The van der Waals surface area contributed by atoms with Crippen LogP contribution in [0.1, 0.15) is 11.4 Å². The fourth-order valence-corrected chi connectivity index (χ4v) is 1.72. The Bertz CT molecular complexity index is 498. The summed E-state index contributed by atoms with van der Waals surface area (Å²) in [6.45, 7) is 4.43. The molecular weight excluding hydrogens is 238 g/mol. The van der Waals surface area contributed by atoms with E-state index in [0.717, 1.165) is 11.4 Å². The van der Waals surface area contributed by atoms with Crippen molar-refractivity contribution >= 4 is 5.91 Å². The van der Waals surface area contributed by atoms with Gasteiger partial charge in [0.15, 0.2) is 0 Å². The molecule has 0 aliphatic rings. The second kappa shape index (κ2) is 6.44. The Morgan fingerprint density at radius 3 is 1.95 bits per heavy atom. The zero-order valence-corrected chi connectivity index (χ0v) is 10.6. The van der Waals surface area contributed by atoms with Crippen LogP contribution in [0.2, 0.25) is 0 Å². The number of hydrogen-bond donors (Lipinski definition) is 0. The van der Waals surface area contributed by atoms with Crippen LogP contribution in [0.3, 0.4) is 0 Å². The van der Waals surface area contributed by atoms with Crippen molar-refractivity contribution in [2.45, 2.75) is 13.1 Å².